The van der Waals surface area contributed by atoms with Crippen molar-refractivity contribution in [2.75, 3.05) is 7.11 Å². The molecule has 0 unspecified atom stereocenters. The normalized spacial score (nSPS) is 11.4. The van der Waals surface area contributed by atoms with Crippen LogP contribution in [0.5, 0.6) is 0 Å². The van der Waals surface area contributed by atoms with Gasteiger partial charge in [-0.2, -0.15) is 0 Å². The largest absolute Gasteiger partial charge is 0.465 e. The molecule has 1 rings (SSSR count). The number of esters is 1. The first-order valence-electron chi connectivity index (χ1n) is 4.13. The Morgan fingerprint density at radius 1 is 1.60 bits per heavy atom. The smallest absolute Gasteiger partial charge is 0.339 e. The molecular formula is C8H10ClNO4S. The SMILES string of the molecule is CCn1cc(C(=O)OC)cc1S(=O)(=O)Cl. The van der Waals surface area contributed by atoms with Crippen LogP contribution in [0, 0.1) is 0 Å². The fourth-order valence-electron chi connectivity index (χ4n) is 1.17. The molecule has 1 aromatic rings. The maximum Gasteiger partial charge on any atom is 0.339 e. The number of hydrogen-bond donors (Lipinski definition) is 0. The maximum atomic E-state index is 11.1. The third-order valence-electron chi connectivity index (χ3n) is 1.87. The summed E-state index contributed by atoms with van der Waals surface area (Å²) in [5.41, 5.74) is 0.165. The van der Waals surface area contributed by atoms with E-state index in [1.165, 1.54) is 23.9 Å². The summed E-state index contributed by atoms with van der Waals surface area (Å²) in [7, 11) is 2.59. The second kappa shape index (κ2) is 4.24. The van der Waals surface area contributed by atoms with Crippen molar-refractivity contribution < 1.29 is 17.9 Å². The van der Waals surface area contributed by atoms with E-state index in [1.54, 1.807) is 6.92 Å². The summed E-state index contributed by atoms with van der Waals surface area (Å²) in [4.78, 5) is 11.1. The topological polar surface area (TPSA) is 65.4 Å². The third-order valence-corrected chi connectivity index (χ3v) is 3.19. The molecule has 0 aliphatic heterocycles. The summed E-state index contributed by atoms with van der Waals surface area (Å²) in [6.45, 7) is 2.14. The van der Waals surface area contributed by atoms with Crippen LogP contribution in [0.4, 0.5) is 0 Å². The van der Waals surface area contributed by atoms with Crippen molar-refractivity contribution >= 4 is 25.7 Å². The fourth-order valence-corrected chi connectivity index (χ4v) is 2.30. The monoisotopic (exact) mass is 251 g/mol. The number of rotatable bonds is 3. The zero-order valence-electron chi connectivity index (χ0n) is 8.23. The quantitative estimate of drug-likeness (QED) is 0.599. The molecule has 7 heteroatoms. The zero-order chi connectivity index (χ0) is 11.6. The maximum absolute atomic E-state index is 11.1. The molecule has 5 nitrogen and oxygen atoms in total. The third kappa shape index (κ3) is 2.51. The molecule has 0 saturated heterocycles. The minimum atomic E-state index is -3.84. The van der Waals surface area contributed by atoms with E-state index in [2.05, 4.69) is 4.74 Å². The van der Waals surface area contributed by atoms with Crippen LogP contribution in [-0.4, -0.2) is 26.1 Å². The fraction of sp³-hybridized carbons (Fsp3) is 0.375. The van der Waals surface area contributed by atoms with Gasteiger partial charge in [-0.1, -0.05) is 0 Å². The van der Waals surface area contributed by atoms with E-state index >= 15 is 0 Å². The minimum absolute atomic E-state index is 0.105. The molecule has 84 valence electrons. The molecule has 0 atom stereocenters. The van der Waals surface area contributed by atoms with Gasteiger partial charge in [0, 0.05) is 23.4 Å². The van der Waals surface area contributed by atoms with Crippen molar-refractivity contribution in [2.24, 2.45) is 0 Å². The summed E-state index contributed by atoms with van der Waals surface area (Å²) in [6.07, 6.45) is 1.39. The van der Waals surface area contributed by atoms with Crippen molar-refractivity contribution in [1.29, 1.82) is 0 Å². The predicted octanol–water partition coefficient (Wildman–Crippen LogP) is 1.22. The molecule has 0 aliphatic rings. The highest BCUT2D eigenvalue weighted by molar-refractivity contribution is 8.13. The molecule has 0 saturated carbocycles. The van der Waals surface area contributed by atoms with Crippen LogP contribution >= 0.6 is 10.7 Å². The van der Waals surface area contributed by atoms with Crippen molar-refractivity contribution in [1.82, 2.24) is 4.57 Å². The average molecular weight is 252 g/mol. The number of ether oxygens (including phenoxy) is 1. The second-order valence-corrected chi connectivity index (χ2v) is 5.30. The molecular weight excluding hydrogens is 242 g/mol. The molecule has 15 heavy (non-hydrogen) atoms. The number of aromatic nitrogens is 1. The number of carbonyl (C=O) groups excluding carboxylic acids is 1. The number of hydrogen-bond acceptors (Lipinski definition) is 4. The molecule has 0 aromatic carbocycles. The Kier molecular flexibility index (Phi) is 3.41. The molecule has 1 aromatic heterocycles. The Morgan fingerprint density at radius 2 is 2.20 bits per heavy atom. The number of nitrogens with zero attached hydrogens (tertiary/aromatic N) is 1. The Labute approximate surface area is 92.0 Å². The molecule has 0 spiro atoms. The van der Waals surface area contributed by atoms with E-state index in [4.69, 9.17) is 10.7 Å². The van der Waals surface area contributed by atoms with E-state index in [0.29, 0.717) is 6.54 Å². The van der Waals surface area contributed by atoms with Crippen molar-refractivity contribution in [3.05, 3.63) is 17.8 Å². The number of carbonyl (C=O) groups is 1. The van der Waals surface area contributed by atoms with Gasteiger partial charge in [0.25, 0.3) is 9.05 Å². The lowest BCUT2D eigenvalue weighted by atomic mass is 10.3. The molecule has 0 amide bonds. The average Bonchev–Trinajstić information content (AvgIpc) is 2.59. The van der Waals surface area contributed by atoms with Gasteiger partial charge >= 0.3 is 5.97 Å². The molecule has 1 heterocycles. The van der Waals surface area contributed by atoms with Gasteiger partial charge in [0.1, 0.15) is 0 Å². The predicted molar refractivity (Wildman–Crippen MR) is 54.5 cm³/mol. The Bertz CT molecular complexity index is 477. The van der Waals surface area contributed by atoms with Gasteiger partial charge in [-0.3, -0.25) is 0 Å². The standard InChI is InChI=1S/C8H10ClNO4S/c1-3-10-5-6(8(11)14-2)4-7(10)15(9,12)13/h4-5H,3H2,1-2H3. The summed E-state index contributed by atoms with van der Waals surface area (Å²) >= 11 is 0. The van der Waals surface area contributed by atoms with Gasteiger partial charge in [-0.25, -0.2) is 13.2 Å². The van der Waals surface area contributed by atoms with Gasteiger partial charge in [0.05, 0.1) is 12.7 Å². The minimum Gasteiger partial charge on any atom is -0.465 e. The lowest BCUT2D eigenvalue weighted by Crippen LogP contribution is -2.01. The van der Waals surface area contributed by atoms with Gasteiger partial charge in [0.15, 0.2) is 5.03 Å². The van der Waals surface area contributed by atoms with Crippen LogP contribution in [0.2, 0.25) is 0 Å². The van der Waals surface area contributed by atoms with Crippen LogP contribution in [-0.2, 0) is 20.3 Å². The summed E-state index contributed by atoms with van der Waals surface area (Å²) in [5, 5.41) is -0.105. The number of halogens is 1. The molecule has 0 bridgehead atoms. The first-order chi connectivity index (χ1) is 6.90. The highest BCUT2D eigenvalue weighted by atomic mass is 35.7. The van der Waals surface area contributed by atoms with Crippen molar-refractivity contribution in [2.45, 2.75) is 18.5 Å². The van der Waals surface area contributed by atoms with Gasteiger partial charge < -0.3 is 9.30 Å². The lowest BCUT2D eigenvalue weighted by Gasteiger charge is -2.00. The summed E-state index contributed by atoms with van der Waals surface area (Å²) in [5.74, 6) is -0.594. The first-order valence-corrected chi connectivity index (χ1v) is 6.44. The van der Waals surface area contributed by atoms with Crippen LogP contribution in [0.1, 0.15) is 17.3 Å². The Hall–Kier alpha value is -1.01. The Balaban J connectivity index is 3.30. The van der Waals surface area contributed by atoms with E-state index in [1.807, 2.05) is 0 Å². The molecule has 0 radical (unpaired) electrons. The van der Waals surface area contributed by atoms with E-state index in [-0.39, 0.29) is 10.6 Å². The second-order valence-electron chi connectivity index (χ2n) is 2.78. The van der Waals surface area contributed by atoms with E-state index in [0.717, 1.165) is 0 Å². The van der Waals surface area contributed by atoms with Gasteiger partial charge in [0.2, 0.25) is 0 Å². The molecule has 0 fully saturated rings. The van der Waals surface area contributed by atoms with Gasteiger partial charge in [-0.15, -0.1) is 0 Å². The molecule has 0 aliphatic carbocycles. The van der Waals surface area contributed by atoms with Crippen molar-refractivity contribution in [3.8, 4) is 0 Å². The first kappa shape index (κ1) is 12.1. The molecule has 0 N–H and O–H groups in total. The number of methoxy groups -OCH3 is 1. The van der Waals surface area contributed by atoms with E-state index in [9.17, 15) is 13.2 Å². The van der Waals surface area contributed by atoms with Crippen LogP contribution < -0.4 is 0 Å². The van der Waals surface area contributed by atoms with E-state index < -0.39 is 15.0 Å². The number of aryl methyl sites for hydroxylation is 1. The van der Waals surface area contributed by atoms with Crippen LogP contribution in [0.3, 0.4) is 0 Å². The zero-order valence-corrected chi connectivity index (χ0v) is 9.80. The summed E-state index contributed by atoms with van der Waals surface area (Å²) in [6, 6.07) is 1.19. The highest BCUT2D eigenvalue weighted by Gasteiger charge is 2.19. The van der Waals surface area contributed by atoms with Crippen LogP contribution in [0.25, 0.3) is 0 Å². The van der Waals surface area contributed by atoms with Crippen molar-refractivity contribution in [3.63, 3.8) is 0 Å². The van der Waals surface area contributed by atoms with Crippen LogP contribution in [0.15, 0.2) is 17.3 Å². The lowest BCUT2D eigenvalue weighted by molar-refractivity contribution is 0.0600. The highest BCUT2D eigenvalue weighted by Crippen LogP contribution is 2.19. The van der Waals surface area contributed by atoms with Gasteiger partial charge in [-0.05, 0) is 13.0 Å². The summed E-state index contributed by atoms with van der Waals surface area (Å²) < 4.78 is 28.1. The Morgan fingerprint density at radius 3 is 2.53 bits per heavy atom.